The fourth-order valence-electron chi connectivity index (χ4n) is 2.90. The highest BCUT2D eigenvalue weighted by Crippen LogP contribution is 2.28. The molecule has 0 fully saturated rings. The summed E-state index contributed by atoms with van der Waals surface area (Å²) < 4.78 is 11.0. The van der Waals surface area contributed by atoms with Crippen LogP contribution < -0.4 is 20.1 Å². The number of rotatable bonds is 5. The second kappa shape index (κ2) is 7.92. The third-order valence-electron chi connectivity index (χ3n) is 4.39. The van der Waals surface area contributed by atoms with E-state index in [1.165, 1.54) is 5.56 Å². The summed E-state index contributed by atoms with van der Waals surface area (Å²) in [5, 5.41) is 5.87. The van der Waals surface area contributed by atoms with Gasteiger partial charge in [-0.05, 0) is 47.7 Å². The lowest BCUT2D eigenvalue weighted by molar-refractivity contribution is 0.214. The number of methoxy groups -OCH3 is 1. The first-order valence-electron chi connectivity index (χ1n) is 8.60. The maximum Gasteiger partial charge on any atom is 0.315 e. The number of urea groups is 1. The lowest BCUT2D eigenvalue weighted by Crippen LogP contribution is -2.47. The number of hydrogen-bond donors (Lipinski definition) is 2. The molecule has 2 N–H and O–H groups in total. The maximum atomic E-state index is 12.1. The van der Waals surface area contributed by atoms with Gasteiger partial charge in [0.05, 0.1) is 13.2 Å². The molecule has 1 aliphatic rings. The number of carbonyl (C=O) groups is 1. The van der Waals surface area contributed by atoms with Gasteiger partial charge in [-0.3, -0.25) is 0 Å². The van der Waals surface area contributed by atoms with Crippen LogP contribution in [-0.2, 0) is 19.4 Å². The monoisotopic (exact) mass is 340 g/mol. The average molecular weight is 340 g/mol. The van der Waals surface area contributed by atoms with Crippen LogP contribution in [0.1, 0.15) is 23.6 Å². The molecule has 0 unspecified atom stereocenters. The van der Waals surface area contributed by atoms with Gasteiger partial charge in [-0.25, -0.2) is 4.79 Å². The molecule has 132 valence electrons. The van der Waals surface area contributed by atoms with Gasteiger partial charge in [-0.2, -0.15) is 0 Å². The largest absolute Gasteiger partial charge is 0.497 e. The van der Waals surface area contributed by atoms with Gasteiger partial charge in [0.2, 0.25) is 0 Å². The quantitative estimate of drug-likeness (QED) is 0.879. The predicted molar refractivity (Wildman–Crippen MR) is 97.2 cm³/mol. The van der Waals surface area contributed by atoms with Crippen molar-refractivity contribution in [1.29, 1.82) is 0 Å². The van der Waals surface area contributed by atoms with Gasteiger partial charge >= 0.3 is 6.03 Å². The molecule has 0 aromatic heterocycles. The van der Waals surface area contributed by atoms with Gasteiger partial charge in [0.1, 0.15) is 18.1 Å². The molecule has 2 aromatic rings. The minimum atomic E-state index is -0.181. The van der Waals surface area contributed by atoms with E-state index >= 15 is 0 Å². The van der Waals surface area contributed by atoms with Crippen LogP contribution in [0, 0.1) is 0 Å². The van der Waals surface area contributed by atoms with Crippen LogP contribution in [0.5, 0.6) is 11.5 Å². The van der Waals surface area contributed by atoms with Crippen LogP contribution in [0.4, 0.5) is 4.79 Å². The smallest absolute Gasteiger partial charge is 0.315 e. The summed E-state index contributed by atoms with van der Waals surface area (Å²) in [6.45, 7) is 3.10. The lowest BCUT2D eigenvalue weighted by atomic mass is 10.0. The Kier molecular flexibility index (Phi) is 5.43. The van der Waals surface area contributed by atoms with Crippen LogP contribution >= 0.6 is 0 Å². The molecular weight excluding hydrogens is 316 g/mol. The summed E-state index contributed by atoms with van der Waals surface area (Å²) in [7, 11) is 1.64. The normalized spacial score (nSPS) is 15.7. The number of hydrogen-bond acceptors (Lipinski definition) is 3. The van der Waals surface area contributed by atoms with Crippen LogP contribution in [0.2, 0.25) is 0 Å². The van der Waals surface area contributed by atoms with E-state index in [4.69, 9.17) is 9.47 Å². The fraction of sp³-hybridized carbons (Fsp3) is 0.350. The second-order valence-corrected chi connectivity index (χ2v) is 6.18. The summed E-state index contributed by atoms with van der Waals surface area (Å²) >= 11 is 0. The Morgan fingerprint density at radius 3 is 2.68 bits per heavy atom. The molecule has 2 amide bonds. The minimum absolute atomic E-state index is 0.0536. The van der Waals surface area contributed by atoms with Gasteiger partial charge < -0.3 is 20.1 Å². The van der Waals surface area contributed by atoms with E-state index < -0.39 is 0 Å². The van der Waals surface area contributed by atoms with Gasteiger partial charge in [-0.15, -0.1) is 0 Å². The van der Waals surface area contributed by atoms with Crippen molar-refractivity contribution < 1.29 is 14.3 Å². The molecule has 1 aliphatic heterocycles. The number of aryl methyl sites for hydroxylation is 1. The number of fused-ring (bicyclic) bond motifs is 1. The van der Waals surface area contributed by atoms with Crippen LogP contribution in [0.25, 0.3) is 0 Å². The van der Waals surface area contributed by atoms with Crippen molar-refractivity contribution in [3.63, 3.8) is 0 Å². The van der Waals surface area contributed by atoms with Crippen molar-refractivity contribution in [2.45, 2.75) is 32.4 Å². The standard InChI is InChI=1S/C20H24N2O3/c1-3-14-4-6-15(7-5-14)12-21-20(23)22-17-10-16-11-18(24-2)8-9-19(16)25-13-17/h4-9,11,17H,3,10,12-13H2,1-2H3,(H2,21,22,23)/t17-/m0/s1. The molecule has 5 nitrogen and oxygen atoms in total. The number of amides is 2. The van der Waals surface area contributed by atoms with E-state index in [1.54, 1.807) is 7.11 Å². The molecule has 5 heteroatoms. The second-order valence-electron chi connectivity index (χ2n) is 6.18. The molecule has 0 spiro atoms. The lowest BCUT2D eigenvalue weighted by Gasteiger charge is -2.26. The molecule has 0 aliphatic carbocycles. The Balaban J connectivity index is 1.51. The summed E-state index contributed by atoms with van der Waals surface area (Å²) in [5.41, 5.74) is 3.43. The first-order valence-corrected chi connectivity index (χ1v) is 8.60. The number of carbonyl (C=O) groups excluding carboxylic acids is 1. The molecule has 0 bridgehead atoms. The molecule has 0 radical (unpaired) electrons. The van der Waals surface area contributed by atoms with Crippen molar-refractivity contribution >= 4 is 6.03 Å². The topological polar surface area (TPSA) is 59.6 Å². The first-order chi connectivity index (χ1) is 12.2. The van der Waals surface area contributed by atoms with Crippen LogP contribution in [-0.4, -0.2) is 25.8 Å². The molecular formula is C20H24N2O3. The number of benzene rings is 2. The predicted octanol–water partition coefficient (Wildman–Crippen LogP) is 3.06. The fourth-order valence-corrected chi connectivity index (χ4v) is 2.90. The summed E-state index contributed by atoms with van der Waals surface area (Å²) in [4.78, 5) is 12.1. The zero-order valence-corrected chi connectivity index (χ0v) is 14.7. The Labute approximate surface area is 148 Å². The first kappa shape index (κ1) is 17.1. The number of ether oxygens (including phenoxy) is 2. The Hall–Kier alpha value is -2.69. The van der Waals surface area contributed by atoms with Gasteiger partial charge in [0.15, 0.2) is 0 Å². The van der Waals surface area contributed by atoms with Crippen LogP contribution in [0.15, 0.2) is 42.5 Å². The highest BCUT2D eigenvalue weighted by Gasteiger charge is 2.21. The van der Waals surface area contributed by atoms with E-state index in [0.29, 0.717) is 13.2 Å². The molecule has 25 heavy (non-hydrogen) atoms. The third kappa shape index (κ3) is 4.44. The minimum Gasteiger partial charge on any atom is -0.497 e. The molecule has 3 rings (SSSR count). The SMILES string of the molecule is CCc1ccc(CNC(=O)N[C@@H]2COc3ccc(OC)cc3C2)cc1. The van der Waals surface area contributed by atoms with E-state index in [1.807, 2.05) is 30.3 Å². The average Bonchev–Trinajstić information content (AvgIpc) is 2.66. The molecule has 1 atom stereocenters. The van der Waals surface area contributed by atoms with Crippen molar-refractivity contribution in [3.05, 3.63) is 59.2 Å². The highest BCUT2D eigenvalue weighted by atomic mass is 16.5. The van der Waals surface area contributed by atoms with Gasteiger partial charge in [0, 0.05) is 6.54 Å². The summed E-state index contributed by atoms with van der Waals surface area (Å²) in [5.74, 6) is 1.65. The Morgan fingerprint density at radius 2 is 1.96 bits per heavy atom. The Bertz CT molecular complexity index is 728. The Morgan fingerprint density at radius 1 is 1.20 bits per heavy atom. The summed E-state index contributed by atoms with van der Waals surface area (Å²) in [6, 6.07) is 13.8. The van der Waals surface area contributed by atoms with E-state index in [0.717, 1.165) is 35.5 Å². The van der Waals surface area contributed by atoms with E-state index in [2.05, 4.69) is 29.7 Å². The number of nitrogens with one attached hydrogen (secondary N) is 2. The molecule has 1 heterocycles. The van der Waals surface area contributed by atoms with Crippen molar-refractivity contribution in [3.8, 4) is 11.5 Å². The molecule has 0 saturated heterocycles. The van der Waals surface area contributed by atoms with E-state index in [9.17, 15) is 4.79 Å². The zero-order valence-electron chi connectivity index (χ0n) is 14.7. The van der Waals surface area contributed by atoms with Gasteiger partial charge in [0.25, 0.3) is 0 Å². The van der Waals surface area contributed by atoms with Crippen molar-refractivity contribution in [2.24, 2.45) is 0 Å². The van der Waals surface area contributed by atoms with E-state index in [-0.39, 0.29) is 12.1 Å². The zero-order chi connectivity index (χ0) is 17.6. The molecule has 0 saturated carbocycles. The van der Waals surface area contributed by atoms with Crippen molar-refractivity contribution in [1.82, 2.24) is 10.6 Å². The maximum absolute atomic E-state index is 12.1. The van der Waals surface area contributed by atoms with Crippen molar-refractivity contribution in [2.75, 3.05) is 13.7 Å². The molecule has 2 aromatic carbocycles. The summed E-state index contributed by atoms with van der Waals surface area (Å²) in [6.07, 6.45) is 1.74. The highest BCUT2D eigenvalue weighted by molar-refractivity contribution is 5.74. The van der Waals surface area contributed by atoms with Gasteiger partial charge in [-0.1, -0.05) is 31.2 Å². The van der Waals surface area contributed by atoms with Crippen LogP contribution in [0.3, 0.4) is 0 Å². The third-order valence-corrected chi connectivity index (χ3v) is 4.39.